The van der Waals surface area contributed by atoms with Crippen LogP contribution in [0.4, 0.5) is 0 Å². The Morgan fingerprint density at radius 3 is 3.06 bits per heavy atom. The van der Waals surface area contributed by atoms with Crippen LogP contribution in [0, 0.1) is 0 Å². The molecular formula is C11H14N4O3. The van der Waals surface area contributed by atoms with Crippen LogP contribution in [-0.4, -0.2) is 34.0 Å². The maximum atomic E-state index is 11.7. The molecule has 0 radical (unpaired) electrons. The zero-order valence-electron chi connectivity index (χ0n) is 9.76. The molecule has 2 amide bonds. The van der Waals surface area contributed by atoms with Crippen LogP contribution >= 0.6 is 0 Å². The number of carbonyl (C=O) groups is 2. The van der Waals surface area contributed by atoms with E-state index in [1.54, 1.807) is 6.07 Å². The second-order valence-electron chi connectivity index (χ2n) is 4.14. The van der Waals surface area contributed by atoms with Crippen LogP contribution in [0.25, 0.3) is 0 Å². The molecule has 0 aliphatic carbocycles. The lowest BCUT2D eigenvalue weighted by Crippen LogP contribution is -2.48. The average Bonchev–Trinajstić information content (AvgIpc) is 2.35. The van der Waals surface area contributed by atoms with E-state index in [2.05, 4.69) is 15.6 Å². The molecule has 1 saturated heterocycles. The van der Waals surface area contributed by atoms with Crippen molar-refractivity contribution in [3.8, 4) is 0 Å². The highest BCUT2D eigenvalue weighted by Gasteiger charge is 2.19. The first kappa shape index (κ1) is 12.3. The number of rotatable bonds is 3. The number of nitrogens with one attached hydrogen (secondary N) is 2. The molecule has 1 aliphatic rings. The maximum Gasteiger partial charge on any atom is 0.347 e. The molecule has 1 aliphatic heterocycles. The first-order valence-corrected chi connectivity index (χ1v) is 5.72. The molecule has 0 bridgehead atoms. The van der Waals surface area contributed by atoms with E-state index < -0.39 is 5.69 Å². The molecule has 2 heterocycles. The Labute approximate surface area is 103 Å². The van der Waals surface area contributed by atoms with Gasteiger partial charge in [0.2, 0.25) is 11.8 Å². The molecule has 0 saturated carbocycles. The highest BCUT2D eigenvalue weighted by molar-refractivity contribution is 5.78. The Morgan fingerprint density at radius 1 is 1.56 bits per heavy atom. The van der Waals surface area contributed by atoms with Gasteiger partial charge in [-0.25, -0.2) is 9.78 Å². The van der Waals surface area contributed by atoms with Crippen molar-refractivity contribution in [1.82, 2.24) is 20.2 Å². The van der Waals surface area contributed by atoms with Crippen LogP contribution in [-0.2, 0) is 16.1 Å². The highest BCUT2D eigenvalue weighted by atomic mass is 16.2. The van der Waals surface area contributed by atoms with Gasteiger partial charge in [0.15, 0.2) is 0 Å². The summed E-state index contributed by atoms with van der Waals surface area (Å²) in [4.78, 5) is 37.5. The molecule has 1 aromatic rings. The van der Waals surface area contributed by atoms with E-state index in [-0.39, 0.29) is 24.4 Å². The molecule has 2 N–H and O–H groups in total. The number of amides is 2. The largest absolute Gasteiger partial charge is 0.354 e. The molecule has 1 fully saturated rings. The SMILES string of the molecule is O=C1CCC(NC(=O)Cn2cccnc2=O)CN1. The molecule has 1 atom stereocenters. The van der Waals surface area contributed by atoms with E-state index in [4.69, 9.17) is 0 Å². The summed E-state index contributed by atoms with van der Waals surface area (Å²) in [6, 6.07) is 1.53. The fraction of sp³-hybridized carbons (Fsp3) is 0.455. The van der Waals surface area contributed by atoms with E-state index in [0.29, 0.717) is 19.4 Å². The molecule has 18 heavy (non-hydrogen) atoms. The second kappa shape index (κ2) is 5.44. The van der Waals surface area contributed by atoms with Gasteiger partial charge in [-0.3, -0.25) is 14.2 Å². The minimum Gasteiger partial charge on any atom is -0.354 e. The summed E-state index contributed by atoms with van der Waals surface area (Å²) in [5, 5.41) is 5.45. The molecular weight excluding hydrogens is 236 g/mol. The highest BCUT2D eigenvalue weighted by Crippen LogP contribution is 2.02. The van der Waals surface area contributed by atoms with Crippen molar-refractivity contribution in [3.05, 3.63) is 28.9 Å². The summed E-state index contributed by atoms with van der Waals surface area (Å²) in [6.07, 6.45) is 3.93. The van der Waals surface area contributed by atoms with Crippen molar-refractivity contribution in [3.63, 3.8) is 0 Å². The van der Waals surface area contributed by atoms with Crippen LogP contribution in [0.1, 0.15) is 12.8 Å². The number of nitrogens with zero attached hydrogens (tertiary/aromatic N) is 2. The van der Waals surface area contributed by atoms with Gasteiger partial charge in [0.05, 0.1) is 0 Å². The third-order valence-corrected chi connectivity index (χ3v) is 2.73. The fourth-order valence-electron chi connectivity index (χ4n) is 1.79. The van der Waals surface area contributed by atoms with E-state index in [1.807, 2.05) is 0 Å². The lowest BCUT2D eigenvalue weighted by Gasteiger charge is -2.23. The molecule has 96 valence electrons. The fourth-order valence-corrected chi connectivity index (χ4v) is 1.79. The molecule has 1 unspecified atom stereocenters. The van der Waals surface area contributed by atoms with E-state index in [9.17, 15) is 14.4 Å². The lowest BCUT2D eigenvalue weighted by atomic mass is 10.1. The summed E-state index contributed by atoms with van der Waals surface area (Å²) < 4.78 is 1.23. The monoisotopic (exact) mass is 250 g/mol. The molecule has 1 aromatic heterocycles. The number of carbonyl (C=O) groups excluding carboxylic acids is 2. The Balaban J connectivity index is 1.88. The van der Waals surface area contributed by atoms with Gasteiger partial charge >= 0.3 is 5.69 Å². The number of aromatic nitrogens is 2. The molecule has 2 rings (SSSR count). The van der Waals surface area contributed by atoms with Crippen LogP contribution < -0.4 is 16.3 Å². The second-order valence-corrected chi connectivity index (χ2v) is 4.14. The van der Waals surface area contributed by atoms with Gasteiger partial charge in [-0.2, -0.15) is 0 Å². The van der Waals surface area contributed by atoms with Crippen LogP contribution in [0.2, 0.25) is 0 Å². The Morgan fingerprint density at radius 2 is 2.39 bits per heavy atom. The Hall–Kier alpha value is -2.18. The Kier molecular flexibility index (Phi) is 3.71. The van der Waals surface area contributed by atoms with Gasteiger partial charge in [-0.1, -0.05) is 0 Å². The summed E-state index contributed by atoms with van der Waals surface area (Å²) in [7, 11) is 0. The van der Waals surface area contributed by atoms with E-state index >= 15 is 0 Å². The first-order valence-electron chi connectivity index (χ1n) is 5.72. The van der Waals surface area contributed by atoms with Gasteiger partial charge in [0, 0.05) is 31.4 Å². The van der Waals surface area contributed by atoms with Crippen molar-refractivity contribution >= 4 is 11.8 Å². The number of hydrogen-bond donors (Lipinski definition) is 2. The first-order chi connectivity index (χ1) is 8.65. The zero-order valence-corrected chi connectivity index (χ0v) is 9.76. The number of piperidine rings is 1. The van der Waals surface area contributed by atoms with Gasteiger partial charge in [0.1, 0.15) is 6.54 Å². The molecule has 7 nitrogen and oxygen atoms in total. The minimum absolute atomic E-state index is 0.00368. The smallest absolute Gasteiger partial charge is 0.347 e. The summed E-state index contributed by atoms with van der Waals surface area (Å²) in [5.74, 6) is -0.254. The Bertz CT molecular complexity index is 501. The van der Waals surface area contributed by atoms with Crippen molar-refractivity contribution in [2.24, 2.45) is 0 Å². The normalized spacial score (nSPS) is 19.1. The van der Waals surface area contributed by atoms with E-state index in [1.165, 1.54) is 17.0 Å². The average molecular weight is 250 g/mol. The minimum atomic E-state index is -0.454. The van der Waals surface area contributed by atoms with E-state index in [0.717, 1.165) is 0 Å². The maximum absolute atomic E-state index is 11.7. The number of hydrogen-bond acceptors (Lipinski definition) is 4. The van der Waals surface area contributed by atoms with Crippen molar-refractivity contribution < 1.29 is 9.59 Å². The predicted octanol–water partition coefficient (Wildman–Crippen LogP) is -1.36. The quantitative estimate of drug-likeness (QED) is 0.692. The molecule has 0 spiro atoms. The summed E-state index contributed by atoms with van der Waals surface area (Å²) in [6.45, 7) is 0.379. The molecule has 7 heteroatoms. The lowest BCUT2D eigenvalue weighted by molar-refractivity contribution is -0.126. The van der Waals surface area contributed by atoms with Gasteiger partial charge in [-0.05, 0) is 12.5 Å². The van der Waals surface area contributed by atoms with Gasteiger partial charge in [-0.15, -0.1) is 0 Å². The zero-order chi connectivity index (χ0) is 13.0. The standard InChI is InChI=1S/C11H14N4O3/c16-9-3-2-8(6-13-9)14-10(17)7-15-5-1-4-12-11(15)18/h1,4-5,8H,2-3,6-7H2,(H,13,16)(H,14,17). The van der Waals surface area contributed by atoms with Crippen LogP contribution in [0.3, 0.4) is 0 Å². The van der Waals surface area contributed by atoms with Gasteiger partial charge in [0.25, 0.3) is 0 Å². The molecule has 0 aromatic carbocycles. The van der Waals surface area contributed by atoms with Crippen LogP contribution in [0.5, 0.6) is 0 Å². The summed E-state index contributed by atoms with van der Waals surface area (Å²) in [5.41, 5.74) is -0.454. The third-order valence-electron chi connectivity index (χ3n) is 2.73. The van der Waals surface area contributed by atoms with Crippen molar-refractivity contribution in [2.45, 2.75) is 25.4 Å². The third kappa shape index (κ3) is 3.16. The predicted molar refractivity (Wildman–Crippen MR) is 62.7 cm³/mol. The van der Waals surface area contributed by atoms with Crippen molar-refractivity contribution in [1.29, 1.82) is 0 Å². The topological polar surface area (TPSA) is 93.1 Å². The van der Waals surface area contributed by atoms with Crippen molar-refractivity contribution in [2.75, 3.05) is 6.54 Å². The summed E-state index contributed by atoms with van der Waals surface area (Å²) >= 11 is 0. The van der Waals surface area contributed by atoms with Crippen LogP contribution in [0.15, 0.2) is 23.3 Å². The van der Waals surface area contributed by atoms with Gasteiger partial charge < -0.3 is 10.6 Å².